The van der Waals surface area contributed by atoms with E-state index in [1.54, 1.807) is 5.57 Å². The zero-order valence-electron chi connectivity index (χ0n) is 15.5. The van der Waals surface area contributed by atoms with E-state index in [0.717, 1.165) is 18.4 Å². The van der Waals surface area contributed by atoms with Crippen LogP contribution in [0.2, 0.25) is 0 Å². The van der Waals surface area contributed by atoms with E-state index in [1.807, 2.05) is 0 Å². The summed E-state index contributed by atoms with van der Waals surface area (Å²) in [5.74, 6) is 0. The molecule has 1 N–H and O–H groups in total. The summed E-state index contributed by atoms with van der Waals surface area (Å²) >= 11 is 0. The van der Waals surface area contributed by atoms with Gasteiger partial charge in [-0.05, 0) is 66.5 Å². The van der Waals surface area contributed by atoms with E-state index >= 15 is 0 Å². The minimum atomic E-state index is 0.0123. The maximum Gasteiger partial charge on any atom is 0.0259 e. The van der Waals surface area contributed by atoms with E-state index in [9.17, 15) is 0 Å². The Morgan fingerprint density at radius 1 is 1.00 bits per heavy atom. The van der Waals surface area contributed by atoms with Crippen molar-refractivity contribution in [2.45, 2.75) is 52.9 Å². The Morgan fingerprint density at radius 2 is 1.71 bits per heavy atom. The van der Waals surface area contributed by atoms with Crippen molar-refractivity contribution in [3.8, 4) is 0 Å². The molecule has 24 heavy (non-hydrogen) atoms. The van der Waals surface area contributed by atoms with Gasteiger partial charge in [-0.2, -0.15) is 0 Å². The maximum absolute atomic E-state index is 7.99. The molecule has 0 fully saturated rings. The number of benzene rings is 2. The Labute approximate surface area is 145 Å². The van der Waals surface area contributed by atoms with Crippen molar-refractivity contribution in [1.82, 2.24) is 0 Å². The van der Waals surface area contributed by atoms with Gasteiger partial charge in [-0.15, -0.1) is 0 Å². The second-order valence-corrected chi connectivity index (χ2v) is 7.76. The molecule has 1 aliphatic rings. The predicted octanol–water partition coefficient (Wildman–Crippen LogP) is 6.56. The van der Waals surface area contributed by atoms with Crippen LogP contribution >= 0.6 is 0 Å². The van der Waals surface area contributed by atoms with Gasteiger partial charge in [-0.1, -0.05) is 61.4 Å². The van der Waals surface area contributed by atoms with E-state index in [2.05, 4.69) is 71.0 Å². The van der Waals surface area contributed by atoms with Crippen molar-refractivity contribution in [2.75, 3.05) is 0 Å². The van der Waals surface area contributed by atoms with Gasteiger partial charge in [0.25, 0.3) is 0 Å². The summed E-state index contributed by atoms with van der Waals surface area (Å²) in [4.78, 5) is 0. The molecule has 0 aliphatic heterocycles. The highest BCUT2D eigenvalue weighted by Crippen LogP contribution is 2.41. The number of allylic oxidation sites excluding steroid dienone is 4. The van der Waals surface area contributed by atoms with Crippen LogP contribution in [0, 0.1) is 5.41 Å². The molecule has 1 nitrogen and oxygen atoms in total. The van der Waals surface area contributed by atoms with Crippen molar-refractivity contribution in [3.05, 3.63) is 69.8 Å². The topological polar surface area (TPSA) is 23.9 Å². The first-order valence-corrected chi connectivity index (χ1v) is 8.73. The van der Waals surface area contributed by atoms with Crippen molar-refractivity contribution in [1.29, 1.82) is 5.41 Å². The number of hydrogen-bond acceptors (Lipinski definition) is 1. The van der Waals surface area contributed by atoms with Gasteiger partial charge >= 0.3 is 0 Å². The molecule has 0 heterocycles. The third-order valence-corrected chi connectivity index (χ3v) is 5.71. The van der Waals surface area contributed by atoms with Crippen molar-refractivity contribution >= 4 is 17.0 Å². The minimum absolute atomic E-state index is 0.0123. The lowest BCUT2D eigenvalue weighted by molar-refractivity contribution is 0.514. The predicted molar refractivity (Wildman–Crippen MR) is 105 cm³/mol. The van der Waals surface area contributed by atoms with Crippen LogP contribution in [0.4, 0.5) is 0 Å². The average molecular weight is 317 g/mol. The third kappa shape index (κ3) is 2.73. The molecular formula is C23H27N. The summed E-state index contributed by atoms with van der Waals surface area (Å²) in [7, 11) is 0. The molecule has 0 amide bonds. The van der Waals surface area contributed by atoms with Gasteiger partial charge in [0.15, 0.2) is 0 Å². The molecule has 0 atom stereocenters. The zero-order valence-corrected chi connectivity index (χ0v) is 15.5. The highest BCUT2D eigenvalue weighted by molar-refractivity contribution is 6.00. The fourth-order valence-electron chi connectivity index (χ4n) is 4.04. The standard InChI is InChI=1S/C23H27N/c1-15-12-19(17(3)16(15)2)13-23(4,5)22-11-10-18-8-6-7-9-20(18)21(22)14-24/h6-11,14,24H,12-13H2,1-5H3. The summed E-state index contributed by atoms with van der Waals surface area (Å²) in [5, 5.41) is 10.4. The van der Waals surface area contributed by atoms with Crippen LogP contribution in [-0.2, 0) is 5.41 Å². The molecule has 3 rings (SSSR count). The van der Waals surface area contributed by atoms with Gasteiger partial charge in [0.05, 0.1) is 0 Å². The van der Waals surface area contributed by atoms with Crippen LogP contribution in [-0.4, -0.2) is 6.21 Å². The van der Waals surface area contributed by atoms with Gasteiger partial charge in [0.1, 0.15) is 0 Å². The molecule has 0 saturated heterocycles. The average Bonchev–Trinajstić information content (AvgIpc) is 2.80. The number of nitrogens with one attached hydrogen (secondary N) is 1. The van der Waals surface area contributed by atoms with E-state index in [1.165, 1.54) is 39.3 Å². The van der Waals surface area contributed by atoms with Gasteiger partial charge in [-0.25, -0.2) is 0 Å². The van der Waals surface area contributed by atoms with Crippen LogP contribution in [0.25, 0.3) is 10.8 Å². The van der Waals surface area contributed by atoms with Crippen LogP contribution in [0.5, 0.6) is 0 Å². The molecule has 0 aromatic heterocycles. The highest BCUT2D eigenvalue weighted by Gasteiger charge is 2.28. The molecule has 1 heteroatoms. The SMILES string of the molecule is CC1=C(C)C(C)=C(CC(C)(C)c2ccc3ccccc3c2C=N)C1. The molecule has 0 bridgehead atoms. The lowest BCUT2D eigenvalue weighted by atomic mass is 9.75. The van der Waals surface area contributed by atoms with E-state index in [0.29, 0.717) is 0 Å². The van der Waals surface area contributed by atoms with E-state index in [-0.39, 0.29) is 5.41 Å². The Hall–Kier alpha value is -2.15. The van der Waals surface area contributed by atoms with Crippen LogP contribution < -0.4 is 0 Å². The molecule has 2 aromatic carbocycles. The Kier molecular flexibility index (Phi) is 4.21. The summed E-state index contributed by atoms with van der Waals surface area (Å²) in [6.07, 6.45) is 3.69. The van der Waals surface area contributed by atoms with Crippen molar-refractivity contribution in [3.63, 3.8) is 0 Å². The molecular weight excluding hydrogens is 290 g/mol. The molecule has 0 radical (unpaired) electrons. The Morgan fingerprint density at radius 3 is 2.33 bits per heavy atom. The van der Waals surface area contributed by atoms with Crippen LogP contribution in [0.15, 0.2) is 58.7 Å². The Bertz CT molecular complexity index is 878. The fourth-order valence-corrected chi connectivity index (χ4v) is 4.04. The summed E-state index contributed by atoms with van der Waals surface area (Å²) in [5.41, 5.74) is 8.35. The monoisotopic (exact) mass is 317 g/mol. The Balaban J connectivity index is 2.05. The van der Waals surface area contributed by atoms with E-state index < -0.39 is 0 Å². The number of hydrogen-bond donors (Lipinski definition) is 1. The van der Waals surface area contributed by atoms with Crippen molar-refractivity contribution in [2.24, 2.45) is 0 Å². The lowest BCUT2D eigenvalue weighted by Gasteiger charge is -2.29. The van der Waals surface area contributed by atoms with Gasteiger partial charge < -0.3 is 5.41 Å². The second-order valence-electron chi connectivity index (χ2n) is 7.76. The molecule has 0 saturated carbocycles. The minimum Gasteiger partial charge on any atom is -0.308 e. The molecule has 124 valence electrons. The van der Waals surface area contributed by atoms with Gasteiger partial charge in [-0.3, -0.25) is 0 Å². The summed E-state index contributed by atoms with van der Waals surface area (Å²) in [6, 6.07) is 12.8. The lowest BCUT2D eigenvalue weighted by Crippen LogP contribution is -2.20. The quantitative estimate of drug-likeness (QED) is 0.617. The van der Waals surface area contributed by atoms with Crippen LogP contribution in [0.3, 0.4) is 0 Å². The molecule has 1 aliphatic carbocycles. The summed E-state index contributed by atoms with van der Waals surface area (Å²) < 4.78 is 0. The van der Waals surface area contributed by atoms with E-state index in [4.69, 9.17) is 5.41 Å². The molecule has 0 spiro atoms. The van der Waals surface area contributed by atoms with Crippen LogP contribution in [0.1, 0.15) is 58.6 Å². The fraction of sp³-hybridized carbons (Fsp3) is 0.348. The third-order valence-electron chi connectivity index (χ3n) is 5.71. The first-order chi connectivity index (χ1) is 11.3. The molecule has 2 aromatic rings. The first-order valence-electron chi connectivity index (χ1n) is 8.73. The normalized spacial score (nSPS) is 15.5. The number of rotatable bonds is 4. The largest absolute Gasteiger partial charge is 0.308 e. The number of fused-ring (bicyclic) bond motifs is 1. The second kappa shape index (κ2) is 6.05. The summed E-state index contributed by atoms with van der Waals surface area (Å²) in [6.45, 7) is 11.4. The molecule has 0 unspecified atom stereocenters. The van der Waals surface area contributed by atoms with Crippen molar-refractivity contribution < 1.29 is 0 Å². The smallest absolute Gasteiger partial charge is 0.0259 e. The first kappa shape index (κ1) is 16.7. The zero-order chi connectivity index (χ0) is 17.5. The maximum atomic E-state index is 7.99. The highest BCUT2D eigenvalue weighted by atomic mass is 14.4. The van der Waals surface area contributed by atoms with Gasteiger partial charge in [0, 0.05) is 11.8 Å². The van der Waals surface area contributed by atoms with Gasteiger partial charge in [0.2, 0.25) is 0 Å².